The number of rotatable bonds is 3. The van der Waals surface area contributed by atoms with E-state index in [1.807, 2.05) is 38.1 Å². The molecule has 0 spiro atoms. The average Bonchev–Trinajstić information content (AvgIpc) is 2.99. The van der Waals surface area contributed by atoms with Gasteiger partial charge < -0.3 is 9.63 Å². The van der Waals surface area contributed by atoms with E-state index >= 15 is 0 Å². The lowest BCUT2D eigenvalue weighted by atomic mass is 10.1. The van der Waals surface area contributed by atoms with E-state index in [0.717, 1.165) is 17.5 Å². The minimum absolute atomic E-state index is 0.157. The largest absolute Gasteiger partial charge is 0.507 e. The van der Waals surface area contributed by atoms with Crippen molar-refractivity contribution in [2.45, 2.75) is 20.3 Å². The first-order valence-electron chi connectivity index (χ1n) is 6.77. The van der Waals surface area contributed by atoms with E-state index in [1.54, 1.807) is 12.3 Å². The fourth-order valence-corrected chi connectivity index (χ4v) is 2.19. The minimum Gasteiger partial charge on any atom is -0.507 e. The van der Waals surface area contributed by atoms with E-state index < -0.39 is 0 Å². The molecule has 1 N–H and O–H groups in total. The van der Waals surface area contributed by atoms with Crippen LogP contribution in [0.2, 0.25) is 0 Å². The quantitative estimate of drug-likeness (QED) is 0.796. The van der Waals surface area contributed by atoms with Crippen molar-refractivity contribution in [3.05, 3.63) is 47.7 Å². The van der Waals surface area contributed by atoms with E-state index in [1.165, 1.54) is 0 Å². The molecule has 1 aromatic carbocycles. The van der Waals surface area contributed by atoms with Gasteiger partial charge in [0, 0.05) is 6.20 Å². The topological polar surface area (TPSA) is 72.0 Å². The minimum atomic E-state index is 0.157. The van der Waals surface area contributed by atoms with Crippen molar-refractivity contribution in [2.75, 3.05) is 0 Å². The van der Waals surface area contributed by atoms with Crippen LogP contribution in [0.5, 0.6) is 5.75 Å². The SMILES string of the molecule is CCc1cccnc1-c1noc(-c2cccc(C)c2O)n1. The summed E-state index contributed by atoms with van der Waals surface area (Å²) < 4.78 is 5.28. The lowest BCUT2D eigenvalue weighted by Crippen LogP contribution is -1.92. The molecule has 0 saturated heterocycles. The summed E-state index contributed by atoms with van der Waals surface area (Å²) in [6.07, 6.45) is 2.54. The Kier molecular flexibility index (Phi) is 3.39. The third-order valence-electron chi connectivity index (χ3n) is 3.38. The number of benzene rings is 1. The zero-order valence-corrected chi connectivity index (χ0v) is 11.9. The van der Waals surface area contributed by atoms with Crippen LogP contribution in [0.4, 0.5) is 0 Å². The molecule has 3 rings (SSSR count). The van der Waals surface area contributed by atoms with Crippen LogP contribution in [-0.2, 0) is 6.42 Å². The van der Waals surface area contributed by atoms with E-state index in [-0.39, 0.29) is 5.75 Å². The molecule has 0 fully saturated rings. The highest BCUT2D eigenvalue weighted by Crippen LogP contribution is 2.31. The molecule has 0 aliphatic rings. The van der Waals surface area contributed by atoms with Crippen LogP contribution in [0.3, 0.4) is 0 Å². The summed E-state index contributed by atoms with van der Waals surface area (Å²) >= 11 is 0. The van der Waals surface area contributed by atoms with Crippen LogP contribution in [0.1, 0.15) is 18.1 Å². The fraction of sp³-hybridized carbons (Fsp3) is 0.188. The molecule has 3 aromatic rings. The smallest absolute Gasteiger partial charge is 0.262 e. The van der Waals surface area contributed by atoms with Crippen molar-refractivity contribution in [3.63, 3.8) is 0 Å². The summed E-state index contributed by atoms with van der Waals surface area (Å²) in [5, 5.41) is 14.1. The Labute approximate surface area is 122 Å². The second-order valence-electron chi connectivity index (χ2n) is 4.76. The molecule has 0 aliphatic heterocycles. The Bertz CT molecular complexity index is 781. The highest BCUT2D eigenvalue weighted by atomic mass is 16.5. The molecule has 5 nitrogen and oxygen atoms in total. The van der Waals surface area contributed by atoms with Crippen LogP contribution in [0, 0.1) is 6.92 Å². The third-order valence-corrected chi connectivity index (χ3v) is 3.38. The van der Waals surface area contributed by atoms with E-state index in [4.69, 9.17) is 4.52 Å². The van der Waals surface area contributed by atoms with Gasteiger partial charge in [-0.15, -0.1) is 0 Å². The second-order valence-corrected chi connectivity index (χ2v) is 4.76. The number of para-hydroxylation sites is 1. The lowest BCUT2D eigenvalue weighted by Gasteiger charge is -2.02. The van der Waals surface area contributed by atoms with Crippen molar-refractivity contribution >= 4 is 0 Å². The van der Waals surface area contributed by atoms with Gasteiger partial charge >= 0.3 is 0 Å². The summed E-state index contributed by atoms with van der Waals surface area (Å²) in [5.74, 6) is 0.881. The van der Waals surface area contributed by atoms with E-state index in [2.05, 4.69) is 15.1 Å². The van der Waals surface area contributed by atoms with Gasteiger partial charge in [-0.25, -0.2) is 0 Å². The van der Waals surface area contributed by atoms with Crippen molar-refractivity contribution in [2.24, 2.45) is 0 Å². The zero-order chi connectivity index (χ0) is 14.8. The first-order chi connectivity index (χ1) is 10.2. The number of nitrogens with zero attached hydrogens (tertiary/aromatic N) is 3. The first kappa shape index (κ1) is 13.3. The fourth-order valence-electron chi connectivity index (χ4n) is 2.19. The Morgan fingerprint density at radius 1 is 1.19 bits per heavy atom. The highest BCUT2D eigenvalue weighted by Gasteiger charge is 2.17. The maximum Gasteiger partial charge on any atom is 0.262 e. The highest BCUT2D eigenvalue weighted by molar-refractivity contribution is 5.66. The van der Waals surface area contributed by atoms with Crippen molar-refractivity contribution in [1.82, 2.24) is 15.1 Å². The Balaban J connectivity index is 2.06. The van der Waals surface area contributed by atoms with Gasteiger partial charge in [0.25, 0.3) is 5.89 Å². The molecule has 106 valence electrons. The predicted molar refractivity (Wildman–Crippen MR) is 78.7 cm³/mol. The Morgan fingerprint density at radius 3 is 2.86 bits per heavy atom. The average molecular weight is 281 g/mol. The van der Waals surface area contributed by atoms with Crippen LogP contribution in [0.25, 0.3) is 23.0 Å². The summed E-state index contributed by atoms with van der Waals surface area (Å²) in [6.45, 7) is 3.87. The molecule has 0 saturated carbocycles. The van der Waals surface area contributed by atoms with Gasteiger partial charge in [0.1, 0.15) is 11.4 Å². The molecule has 5 heteroatoms. The van der Waals surface area contributed by atoms with Gasteiger partial charge in [0.2, 0.25) is 5.82 Å². The van der Waals surface area contributed by atoms with Crippen LogP contribution in [0.15, 0.2) is 41.1 Å². The molecule has 21 heavy (non-hydrogen) atoms. The lowest BCUT2D eigenvalue weighted by molar-refractivity contribution is 0.425. The molecule has 0 bridgehead atoms. The van der Waals surface area contributed by atoms with E-state index in [0.29, 0.717) is 23.0 Å². The first-order valence-corrected chi connectivity index (χ1v) is 6.77. The maximum atomic E-state index is 10.1. The second kappa shape index (κ2) is 5.36. The normalized spacial score (nSPS) is 10.8. The van der Waals surface area contributed by atoms with Crippen LogP contribution < -0.4 is 0 Å². The molecule has 0 unspecified atom stereocenters. The van der Waals surface area contributed by atoms with Gasteiger partial charge in [0.15, 0.2) is 0 Å². The van der Waals surface area contributed by atoms with Crippen molar-refractivity contribution in [1.29, 1.82) is 0 Å². The Morgan fingerprint density at radius 2 is 2.05 bits per heavy atom. The van der Waals surface area contributed by atoms with Crippen LogP contribution >= 0.6 is 0 Å². The summed E-state index contributed by atoms with van der Waals surface area (Å²) in [6, 6.07) is 9.29. The van der Waals surface area contributed by atoms with Crippen LogP contribution in [-0.4, -0.2) is 20.2 Å². The number of aryl methyl sites for hydroxylation is 2. The number of phenolic OH excluding ortho intramolecular Hbond substituents is 1. The molecule has 0 atom stereocenters. The monoisotopic (exact) mass is 281 g/mol. The summed E-state index contributed by atoms with van der Waals surface area (Å²) in [5.41, 5.74) is 3.06. The summed E-state index contributed by atoms with van der Waals surface area (Å²) in [7, 11) is 0. The molecule has 2 aromatic heterocycles. The molecule has 0 aliphatic carbocycles. The molecular weight excluding hydrogens is 266 g/mol. The molecule has 0 amide bonds. The van der Waals surface area contributed by atoms with E-state index in [9.17, 15) is 5.11 Å². The molecule has 0 radical (unpaired) electrons. The molecular formula is C16H15N3O2. The van der Waals surface area contributed by atoms with Crippen molar-refractivity contribution < 1.29 is 9.63 Å². The van der Waals surface area contributed by atoms with Gasteiger partial charge in [0.05, 0.1) is 5.56 Å². The maximum absolute atomic E-state index is 10.1. The third kappa shape index (κ3) is 2.38. The number of hydrogen-bond donors (Lipinski definition) is 1. The van der Waals surface area contributed by atoms with Gasteiger partial charge in [-0.05, 0) is 36.6 Å². The predicted octanol–water partition coefficient (Wildman–Crippen LogP) is 3.38. The van der Waals surface area contributed by atoms with Gasteiger partial charge in [-0.2, -0.15) is 4.98 Å². The standard InChI is InChI=1S/C16H15N3O2/c1-3-11-7-5-9-17-13(11)15-18-16(21-19-15)12-8-4-6-10(2)14(12)20/h4-9,20H,3H2,1-2H3. The number of aromatic hydroxyl groups is 1. The number of aromatic nitrogens is 3. The van der Waals surface area contributed by atoms with Gasteiger partial charge in [-0.1, -0.05) is 30.3 Å². The number of pyridine rings is 1. The zero-order valence-electron chi connectivity index (χ0n) is 11.9. The molecule has 2 heterocycles. The number of hydrogen-bond acceptors (Lipinski definition) is 5. The van der Waals surface area contributed by atoms with Crippen molar-refractivity contribution in [3.8, 4) is 28.7 Å². The van der Waals surface area contributed by atoms with Gasteiger partial charge in [-0.3, -0.25) is 4.98 Å². The number of phenols is 1. The Hall–Kier alpha value is -2.69. The summed E-state index contributed by atoms with van der Waals surface area (Å²) in [4.78, 5) is 8.68.